The highest BCUT2D eigenvalue weighted by molar-refractivity contribution is 5.89. The number of benzene rings is 1. The van der Waals surface area contributed by atoms with Crippen LogP contribution in [0.4, 0.5) is 5.82 Å². The minimum absolute atomic E-state index is 0.0129. The molecule has 1 aromatic heterocycles. The van der Waals surface area contributed by atoms with Gasteiger partial charge in [-0.05, 0) is 30.2 Å². The average molecular weight is 486 g/mol. The molecule has 2 aromatic rings. The maximum atomic E-state index is 12.6. The van der Waals surface area contributed by atoms with Crippen molar-refractivity contribution in [3.63, 3.8) is 0 Å². The normalized spacial score (nSPS) is 23.3. The van der Waals surface area contributed by atoms with Crippen molar-refractivity contribution in [3.05, 3.63) is 69.1 Å². The van der Waals surface area contributed by atoms with Crippen molar-refractivity contribution in [1.29, 1.82) is 0 Å². The number of amides is 1. The fraction of sp³-hybridized carbons (Fsp3) is 0.455. The Hall–Kier alpha value is -3.77. The number of carbonyl (C=O) groups excluding carboxylic acids is 2. The van der Waals surface area contributed by atoms with E-state index in [1.807, 2.05) is 6.92 Å². The number of hydrogen-bond acceptors (Lipinski definition) is 9. The molecule has 1 unspecified atom stereocenters. The first kappa shape index (κ1) is 25.8. The molecule has 13 nitrogen and oxygen atoms in total. The first-order valence-corrected chi connectivity index (χ1v) is 11.0. The third kappa shape index (κ3) is 6.03. The first-order valence-electron chi connectivity index (χ1n) is 11.0. The monoisotopic (exact) mass is 486 g/mol. The van der Waals surface area contributed by atoms with Gasteiger partial charge in [0.05, 0.1) is 5.56 Å². The fourth-order valence-electron chi connectivity index (χ4n) is 3.54. The van der Waals surface area contributed by atoms with Gasteiger partial charge >= 0.3 is 11.7 Å². The number of carbonyl (C=O) groups is 2. The van der Waals surface area contributed by atoms with E-state index in [9.17, 15) is 24.6 Å². The third-order valence-electron chi connectivity index (χ3n) is 5.42. The van der Waals surface area contributed by atoms with Crippen molar-refractivity contribution >= 4 is 17.7 Å². The number of aliphatic hydroxyl groups excluding tert-OH is 2. The number of ether oxygens (including phenoxy) is 2. The molecule has 3 N–H and O–H groups in total. The van der Waals surface area contributed by atoms with Gasteiger partial charge in [-0.1, -0.05) is 43.1 Å². The SMILES string of the molecule is CCCCCC(=O)Nc1ccn(C2O[C@@](COC(=O)c3ccccc3)(N=[N+]=[N-])[C@@H](O)[C@H]2O)c(=O)n1. The molecule has 0 saturated carbocycles. The zero-order valence-electron chi connectivity index (χ0n) is 19.0. The summed E-state index contributed by atoms with van der Waals surface area (Å²) < 4.78 is 11.6. The summed E-state index contributed by atoms with van der Waals surface area (Å²) >= 11 is 0. The van der Waals surface area contributed by atoms with Gasteiger partial charge in [0.15, 0.2) is 6.23 Å². The van der Waals surface area contributed by atoms with Crippen LogP contribution in [0.3, 0.4) is 0 Å². The molecule has 1 amide bonds. The predicted molar refractivity (Wildman–Crippen MR) is 122 cm³/mol. The average Bonchev–Trinajstić information content (AvgIpc) is 3.09. The molecule has 0 bridgehead atoms. The van der Waals surface area contributed by atoms with Crippen molar-refractivity contribution in [2.24, 2.45) is 5.11 Å². The van der Waals surface area contributed by atoms with Crippen LogP contribution < -0.4 is 11.0 Å². The Morgan fingerprint density at radius 1 is 1.29 bits per heavy atom. The van der Waals surface area contributed by atoms with E-state index in [-0.39, 0.29) is 23.7 Å². The number of unbranched alkanes of at least 4 members (excludes halogenated alkanes) is 2. The minimum atomic E-state index is -2.20. The molecule has 35 heavy (non-hydrogen) atoms. The number of anilines is 1. The zero-order chi connectivity index (χ0) is 25.4. The van der Waals surface area contributed by atoms with Gasteiger partial charge in [-0.25, -0.2) is 9.59 Å². The molecule has 4 atom stereocenters. The lowest BCUT2D eigenvalue weighted by atomic mass is 10.1. The summed E-state index contributed by atoms with van der Waals surface area (Å²) in [7, 11) is 0. The number of aliphatic hydroxyl groups is 2. The van der Waals surface area contributed by atoms with E-state index in [0.29, 0.717) is 6.42 Å². The second-order valence-corrected chi connectivity index (χ2v) is 7.93. The van der Waals surface area contributed by atoms with Crippen LogP contribution in [0.5, 0.6) is 0 Å². The molecular weight excluding hydrogens is 460 g/mol. The van der Waals surface area contributed by atoms with Crippen LogP contribution in [0.1, 0.15) is 49.2 Å². The summed E-state index contributed by atoms with van der Waals surface area (Å²) in [5.74, 6) is -1.05. The fourth-order valence-corrected chi connectivity index (χ4v) is 3.54. The standard InChI is InChI=1S/C22H26N6O7/c1-2-3-5-10-16(29)24-15-11-12-28(21(33)25-15)19-17(30)18(31)22(35-19,26-27-23)13-34-20(32)14-8-6-4-7-9-14/h4,6-9,11-12,17-19,30-31H,2-3,5,10,13H2,1H3,(H,24,25,29,33)/t17-,18+,19?,22-/m1/s1. The van der Waals surface area contributed by atoms with Gasteiger partial charge in [0.25, 0.3) is 0 Å². The van der Waals surface area contributed by atoms with Crippen molar-refractivity contribution in [1.82, 2.24) is 9.55 Å². The van der Waals surface area contributed by atoms with Crippen LogP contribution >= 0.6 is 0 Å². The first-order chi connectivity index (χ1) is 16.8. The van der Waals surface area contributed by atoms with Crippen LogP contribution in [0.15, 0.2) is 52.5 Å². The Labute approximate surface area is 199 Å². The van der Waals surface area contributed by atoms with E-state index in [1.165, 1.54) is 24.4 Å². The Balaban J connectivity index is 1.75. The quantitative estimate of drug-likeness (QED) is 0.149. The zero-order valence-corrected chi connectivity index (χ0v) is 19.0. The number of hydrogen-bond donors (Lipinski definition) is 3. The molecule has 1 aliphatic heterocycles. The highest BCUT2D eigenvalue weighted by Crippen LogP contribution is 2.38. The van der Waals surface area contributed by atoms with Gasteiger partial charge in [-0.3, -0.25) is 9.36 Å². The molecule has 0 spiro atoms. The summed E-state index contributed by atoms with van der Waals surface area (Å²) in [6.07, 6.45) is -1.03. The molecule has 1 aliphatic rings. The molecule has 13 heteroatoms. The van der Waals surface area contributed by atoms with Crippen LogP contribution in [0.2, 0.25) is 0 Å². The summed E-state index contributed by atoms with van der Waals surface area (Å²) in [6.45, 7) is 1.28. The van der Waals surface area contributed by atoms with E-state index < -0.39 is 42.4 Å². The Kier molecular flexibility index (Phi) is 8.55. The van der Waals surface area contributed by atoms with Crippen molar-refractivity contribution in [2.45, 2.75) is 56.8 Å². The number of aromatic nitrogens is 2. The number of esters is 1. The second-order valence-electron chi connectivity index (χ2n) is 7.93. The van der Waals surface area contributed by atoms with Gasteiger partial charge in [0, 0.05) is 17.5 Å². The second kappa shape index (κ2) is 11.6. The van der Waals surface area contributed by atoms with Crippen molar-refractivity contribution in [3.8, 4) is 0 Å². The van der Waals surface area contributed by atoms with Gasteiger partial charge in [0.1, 0.15) is 24.6 Å². The molecule has 1 fully saturated rings. The summed E-state index contributed by atoms with van der Waals surface area (Å²) in [5, 5.41) is 27.1. The lowest BCUT2D eigenvalue weighted by Gasteiger charge is -2.26. The van der Waals surface area contributed by atoms with Gasteiger partial charge in [-0.2, -0.15) is 4.98 Å². The third-order valence-corrected chi connectivity index (χ3v) is 5.42. The van der Waals surface area contributed by atoms with E-state index in [1.54, 1.807) is 18.2 Å². The molecule has 2 heterocycles. The number of rotatable bonds is 10. The summed E-state index contributed by atoms with van der Waals surface area (Å²) in [5.41, 5.74) is 6.12. The Morgan fingerprint density at radius 3 is 2.69 bits per heavy atom. The Bertz CT molecular complexity index is 1150. The topological polar surface area (TPSA) is 189 Å². The smallest absolute Gasteiger partial charge is 0.351 e. The largest absolute Gasteiger partial charge is 0.459 e. The predicted octanol–water partition coefficient (Wildman–Crippen LogP) is 1.88. The number of nitrogens with zero attached hydrogens (tertiary/aromatic N) is 5. The highest BCUT2D eigenvalue weighted by Gasteiger charge is 2.56. The molecule has 0 aliphatic carbocycles. The van der Waals surface area contributed by atoms with E-state index in [2.05, 4.69) is 20.3 Å². The van der Waals surface area contributed by atoms with Crippen LogP contribution in [-0.4, -0.2) is 56.2 Å². The van der Waals surface area contributed by atoms with Gasteiger partial charge in [-0.15, -0.1) is 0 Å². The van der Waals surface area contributed by atoms with Crippen LogP contribution in [0, 0.1) is 0 Å². The maximum absolute atomic E-state index is 12.6. The van der Waals surface area contributed by atoms with Crippen molar-refractivity contribution in [2.75, 3.05) is 11.9 Å². The number of nitrogens with one attached hydrogen (secondary N) is 1. The Morgan fingerprint density at radius 2 is 2.03 bits per heavy atom. The highest BCUT2D eigenvalue weighted by atomic mass is 16.6. The summed E-state index contributed by atoms with van der Waals surface area (Å²) in [4.78, 5) is 43.3. The van der Waals surface area contributed by atoms with E-state index >= 15 is 0 Å². The lowest BCUT2D eigenvalue weighted by Crippen LogP contribution is -2.45. The van der Waals surface area contributed by atoms with Gasteiger partial charge in [0.2, 0.25) is 11.6 Å². The van der Waals surface area contributed by atoms with E-state index in [4.69, 9.17) is 15.0 Å². The molecular formula is C22H26N6O7. The van der Waals surface area contributed by atoms with Crippen LogP contribution in [-0.2, 0) is 14.3 Å². The lowest BCUT2D eigenvalue weighted by molar-refractivity contribution is -0.127. The molecule has 3 rings (SSSR count). The molecule has 0 radical (unpaired) electrons. The molecule has 1 saturated heterocycles. The summed E-state index contributed by atoms with van der Waals surface area (Å²) in [6, 6.07) is 9.28. The van der Waals surface area contributed by atoms with Crippen LogP contribution in [0.25, 0.3) is 10.4 Å². The van der Waals surface area contributed by atoms with E-state index in [0.717, 1.165) is 17.4 Å². The molecule has 1 aromatic carbocycles. The van der Waals surface area contributed by atoms with Gasteiger partial charge < -0.3 is 25.0 Å². The molecule has 186 valence electrons. The van der Waals surface area contributed by atoms with Crippen molar-refractivity contribution < 1.29 is 29.3 Å². The minimum Gasteiger partial charge on any atom is -0.459 e. The number of azide groups is 1. The maximum Gasteiger partial charge on any atom is 0.351 e.